The number of hydrogen-bond donors (Lipinski definition) is 0. The highest BCUT2D eigenvalue weighted by Gasteiger charge is 1.92. The van der Waals surface area contributed by atoms with Gasteiger partial charge in [-0.15, -0.1) is 0 Å². The number of nitriles is 1. The van der Waals surface area contributed by atoms with E-state index in [1.165, 1.54) is 77.0 Å². The minimum Gasteiger partial charge on any atom is -0.198 e. The van der Waals surface area contributed by atoms with Gasteiger partial charge in [0, 0.05) is 0 Å². The minimum atomic E-state index is 1.12. The zero-order valence-electron chi connectivity index (χ0n) is 12.9. The Bertz CT molecular complexity index is 224. The molecule has 0 atom stereocenters. The molecule has 0 bridgehead atoms. The molecule has 109 valence electrons. The monoisotopic (exact) mass is 262 g/mol. The van der Waals surface area contributed by atoms with Crippen molar-refractivity contribution in [3.05, 3.63) is 18.6 Å². The van der Waals surface area contributed by atoms with Crippen LogP contribution >= 0.6 is 0 Å². The van der Waals surface area contributed by atoms with E-state index in [0.717, 1.165) is 6.42 Å². The fourth-order valence-corrected chi connectivity index (χ4v) is 2.31. The van der Waals surface area contributed by atoms with Crippen molar-refractivity contribution >= 4 is 0 Å². The Morgan fingerprint density at radius 2 is 1.21 bits per heavy atom. The maximum absolute atomic E-state index is 8.31. The summed E-state index contributed by atoms with van der Waals surface area (Å²) in [6.45, 7) is 2.28. The van der Waals surface area contributed by atoms with E-state index in [0.29, 0.717) is 0 Å². The Balaban J connectivity index is 2.97. The van der Waals surface area contributed by atoms with Crippen LogP contribution in [0.1, 0.15) is 90.4 Å². The molecule has 0 aromatic heterocycles. The first-order valence-corrected chi connectivity index (χ1v) is 8.29. The molecule has 1 radical (unpaired) electrons. The lowest BCUT2D eigenvalue weighted by molar-refractivity contribution is 0.545. The third-order valence-electron chi connectivity index (χ3n) is 3.53. The van der Waals surface area contributed by atoms with Crippen molar-refractivity contribution in [2.45, 2.75) is 90.4 Å². The maximum Gasteiger partial charge on any atom is 0.0836 e. The van der Waals surface area contributed by atoms with E-state index in [-0.39, 0.29) is 0 Å². The highest BCUT2D eigenvalue weighted by atomic mass is 14.2. The molecule has 0 aliphatic rings. The summed E-state index contributed by atoms with van der Waals surface area (Å²) in [6.07, 6.45) is 23.4. The van der Waals surface area contributed by atoms with E-state index in [9.17, 15) is 0 Å². The quantitative estimate of drug-likeness (QED) is 0.334. The Morgan fingerprint density at radius 1 is 0.737 bits per heavy atom. The molecule has 0 heterocycles. The van der Waals surface area contributed by atoms with Crippen LogP contribution in [0.15, 0.2) is 12.2 Å². The van der Waals surface area contributed by atoms with Crippen LogP contribution in [-0.2, 0) is 0 Å². The summed E-state index contributed by atoms with van der Waals surface area (Å²) in [5.41, 5.74) is 0. The highest BCUT2D eigenvalue weighted by molar-refractivity contribution is 5.08. The lowest BCUT2D eigenvalue weighted by atomic mass is 10.0. The van der Waals surface area contributed by atoms with Gasteiger partial charge in [0.1, 0.15) is 0 Å². The summed E-state index contributed by atoms with van der Waals surface area (Å²) in [6, 6.07) is 2.00. The highest BCUT2D eigenvalue weighted by Crippen LogP contribution is 2.12. The van der Waals surface area contributed by atoms with Gasteiger partial charge in [-0.05, 0) is 12.8 Å². The zero-order valence-corrected chi connectivity index (χ0v) is 12.9. The molecular formula is C18H32N. The second kappa shape index (κ2) is 17.2. The largest absolute Gasteiger partial charge is 0.198 e. The fraction of sp³-hybridized carbons (Fsp3) is 0.778. The van der Waals surface area contributed by atoms with Crippen LogP contribution in [0.5, 0.6) is 0 Å². The molecule has 0 fully saturated rings. The molecule has 0 saturated carbocycles. The van der Waals surface area contributed by atoms with Crippen molar-refractivity contribution in [1.82, 2.24) is 0 Å². The van der Waals surface area contributed by atoms with E-state index >= 15 is 0 Å². The molecule has 0 aliphatic heterocycles. The van der Waals surface area contributed by atoms with Gasteiger partial charge < -0.3 is 0 Å². The molecule has 1 nitrogen and oxygen atoms in total. The second-order valence-electron chi connectivity index (χ2n) is 5.40. The molecule has 0 spiro atoms. The van der Waals surface area contributed by atoms with Crippen molar-refractivity contribution in [1.29, 1.82) is 5.26 Å². The van der Waals surface area contributed by atoms with Gasteiger partial charge in [-0.3, -0.25) is 0 Å². The minimum absolute atomic E-state index is 1.12. The number of unbranched alkanes of at least 4 members (excludes halogenated alkanes) is 12. The van der Waals surface area contributed by atoms with Gasteiger partial charge in [-0.2, -0.15) is 5.26 Å². The summed E-state index contributed by atoms with van der Waals surface area (Å²) in [7, 11) is 0. The fourth-order valence-electron chi connectivity index (χ4n) is 2.31. The molecule has 0 unspecified atom stereocenters. The Kier molecular flexibility index (Phi) is 16.5. The van der Waals surface area contributed by atoms with Crippen LogP contribution in [0, 0.1) is 17.8 Å². The average Bonchev–Trinajstić information content (AvgIpc) is 2.43. The van der Waals surface area contributed by atoms with Crippen LogP contribution in [0.4, 0.5) is 0 Å². The van der Waals surface area contributed by atoms with Crippen LogP contribution in [0.25, 0.3) is 0 Å². The van der Waals surface area contributed by atoms with Crippen LogP contribution in [0.3, 0.4) is 0 Å². The summed E-state index contributed by atoms with van der Waals surface area (Å²) in [4.78, 5) is 0. The van der Waals surface area contributed by atoms with Crippen molar-refractivity contribution in [3.63, 3.8) is 0 Å². The maximum atomic E-state index is 8.31. The topological polar surface area (TPSA) is 23.8 Å². The van der Waals surface area contributed by atoms with E-state index in [1.807, 2.05) is 12.1 Å². The number of rotatable bonds is 14. The summed E-state index contributed by atoms with van der Waals surface area (Å²) in [5.74, 6) is 0. The van der Waals surface area contributed by atoms with Crippen LogP contribution in [-0.4, -0.2) is 0 Å². The Labute approximate surface area is 121 Å². The smallest absolute Gasteiger partial charge is 0.0836 e. The summed E-state index contributed by atoms with van der Waals surface area (Å²) >= 11 is 0. The standard InChI is InChI=1S/C18H32N/c1-2-3-4-5-6-7-8-9-10-11-12-13-14-15-16-17-18-19/h15-17H,2-14H2,1H3. The molecule has 0 rings (SSSR count). The molecule has 0 saturated heterocycles. The van der Waals surface area contributed by atoms with E-state index in [2.05, 4.69) is 13.0 Å². The zero-order chi connectivity index (χ0) is 14.0. The SMILES string of the molecule is CCCCCCCCCCCCCCC=C[CH]C#N. The Hall–Kier alpha value is -0.770. The normalized spacial score (nSPS) is 10.9. The number of allylic oxidation sites excluding steroid dienone is 2. The van der Waals surface area contributed by atoms with Crippen molar-refractivity contribution < 1.29 is 0 Å². The van der Waals surface area contributed by atoms with Crippen molar-refractivity contribution in [3.8, 4) is 6.07 Å². The molecule has 0 amide bonds. The lowest BCUT2D eigenvalue weighted by Crippen LogP contribution is -1.82. The van der Waals surface area contributed by atoms with Gasteiger partial charge in [0.25, 0.3) is 0 Å². The first-order chi connectivity index (χ1) is 9.41. The van der Waals surface area contributed by atoms with Gasteiger partial charge in [-0.25, -0.2) is 0 Å². The van der Waals surface area contributed by atoms with Crippen LogP contribution < -0.4 is 0 Å². The second-order valence-corrected chi connectivity index (χ2v) is 5.40. The predicted octanol–water partition coefficient (Wildman–Crippen LogP) is 6.36. The predicted molar refractivity (Wildman–Crippen MR) is 84.7 cm³/mol. The molecule has 0 aromatic rings. The van der Waals surface area contributed by atoms with Gasteiger partial charge >= 0.3 is 0 Å². The number of nitrogens with zero attached hydrogens (tertiary/aromatic N) is 1. The molecule has 19 heavy (non-hydrogen) atoms. The third-order valence-corrected chi connectivity index (χ3v) is 3.53. The van der Waals surface area contributed by atoms with Gasteiger partial charge in [0.05, 0.1) is 12.5 Å². The molecule has 0 N–H and O–H groups in total. The van der Waals surface area contributed by atoms with Crippen molar-refractivity contribution in [2.75, 3.05) is 0 Å². The molecule has 0 aromatic carbocycles. The van der Waals surface area contributed by atoms with Crippen LogP contribution in [0.2, 0.25) is 0 Å². The third kappa shape index (κ3) is 17.2. The Morgan fingerprint density at radius 3 is 1.68 bits per heavy atom. The van der Waals surface area contributed by atoms with Gasteiger partial charge in [0.15, 0.2) is 0 Å². The first kappa shape index (κ1) is 18.2. The van der Waals surface area contributed by atoms with E-state index < -0.39 is 0 Å². The molecule has 0 aliphatic carbocycles. The summed E-state index contributed by atoms with van der Waals surface area (Å²) < 4.78 is 0. The van der Waals surface area contributed by atoms with Gasteiger partial charge in [0.2, 0.25) is 0 Å². The van der Waals surface area contributed by atoms with Gasteiger partial charge in [-0.1, -0.05) is 89.7 Å². The lowest BCUT2D eigenvalue weighted by Gasteiger charge is -2.02. The molecule has 1 heteroatoms. The van der Waals surface area contributed by atoms with Crippen molar-refractivity contribution in [2.24, 2.45) is 0 Å². The van der Waals surface area contributed by atoms with E-state index in [1.54, 1.807) is 6.42 Å². The molecular weight excluding hydrogens is 230 g/mol. The van der Waals surface area contributed by atoms with E-state index in [4.69, 9.17) is 5.26 Å². The number of hydrogen-bond acceptors (Lipinski definition) is 1. The first-order valence-electron chi connectivity index (χ1n) is 8.29. The summed E-state index contributed by atoms with van der Waals surface area (Å²) in [5, 5.41) is 8.31. The average molecular weight is 262 g/mol.